The van der Waals surface area contributed by atoms with Crippen LogP contribution < -0.4 is 5.32 Å². The van der Waals surface area contributed by atoms with Crippen LogP contribution >= 0.6 is 0 Å². The zero-order chi connectivity index (χ0) is 9.26. The number of nitrogens with one attached hydrogen (secondary N) is 1. The quantitative estimate of drug-likeness (QED) is 0.708. The summed E-state index contributed by atoms with van der Waals surface area (Å²) in [6, 6.07) is 6.72. The van der Waals surface area contributed by atoms with Crippen molar-refractivity contribution in [3.8, 4) is 0 Å². The second kappa shape index (κ2) is 3.46. The van der Waals surface area contributed by atoms with Crippen molar-refractivity contribution in [3.63, 3.8) is 0 Å². The smallest absolute Gasteiger partial charge is 0.0576 e. The summed E-state index contributed by atoms with van der Waals surface area (Å²) in [6.45, 7) is 5.45. The van der Waals surface area contributed by atoms with Crippen molar-refractivity contribution < 1.29 is 0 Å². The number of pyridine rings is 1. The van der Waals surface area contributed by atoms with Crippen molar-refractivity contribution >= 4 is 0 Å². The zero-order valence-corrected chi connectivity index (χ0v) is 8.25. The standard InChI is InChI=1S/C11H16N2/c1-8-6-11(12-7-8)10-5-3-4-9(2)13-10/h3-5,8,11-12H,6-7H2,1-2H3/t8-,11-/m0/s1. The summed E-state index contributed by atoms with van der Waals surface area (Å²) < 4.78 is 0. The van der Waals surface area contributed by atoms with Gasteiger partial charge in [-0.3, -0.25) is 4.98 Å². The molecule has 2 heterocycles. The normalized spacial score (nSPS) is 27.8. The van der Waals surface area contributed by atoms with Crippen LogP contribution in [0.3, 0.4) is 0 Å². The van der Waals surface area contributed by atoms with Crippen molar-refractivity contribution in [1.29, 1.82) is 0 Å². The number of nitrogens with zero attached hydrogens (tertiary/aromatic N) is 1. The van der Waals surface area contributed by atoms with E-state index in [0.717, 1.165) is 18.2 Å². The van der Waals surface area contributed by atoms with Crippen molar-refractivity contribution in [3.05, 3.63) is 29.6 Å². The predicted octanol–water partition coefficient (Wildman–Crippen LogP) is 2.06. The van der Waals surface area contributed by atoms with Crippen LogP contribution in [0.1, 0.15) is 30.8 Å². The summed E-state index contributed by atoms with van der Waals surface area (Å²) in [5.41, 5.74) is 2.31. The van der Waals surface area contributed by atoms with Gasteiger partial charge in [0, 0.05) is 11.7 Å². The molecule has 0 aromatic carbocycles. The third-order valence-electron chi connectivity index (χ3n) is 2.62. The van der Waals surface area contributed by atoms with Crippen LogP contribution in [-0.2, 0) is 0 Å². The Hall–Kier alpha value is -0.890. The first-order valence-electron chi connectivity index (χ1n) is 4.92. The van der Waals surface area contributed by atoms with Crippen LogP contribution in [0.25, 0.3) is 0 Å². The minimum absolute atomic E-state index is 0.481. The second-order valence-corrected chi connectivity index (χ2v) is 4.01. The molecule has 1 aromatic rings. The summed E-state index contributed by atoms with van der Waals surface area (Å²) >= 11 is 0. The number of rotatable bonds is 1. The summed E-state index contributed by atoms with van der Waals surface area (Å²) in [6.07, 6.45) is 1.22. The molecule has 2 nitrogen and oxygen atoms in total. The molecule has 1 saturated heterocycles. The minimum Gasteiger partial charge on any atom is -0.308 e. The van der Waals surface area contributed by atoms with Gasteiger partial charge in [0.15, 0.2) is 0 Å². The fraction of sp³-hybridized carbons (Fsp3) is 0.545. The van der Waals surface area contributed by atoms with Crippen LogP contribution in [0, 0.1) is 12.8 Å². The lowest BCUT2D eigenvalue weighted by Gasteiger charge is -2.09. The number of hydrogen-bond donors (Lipinski definition) is 1. The number of hydrogen-bond acceptors (Lipinski definition) is 2. The van der Waals surface area contributed by atoms with Gasteiger partial charge in [0.2, 0.25) is 0 Å². The highest BCUT2D eigenvalue weighted by Crippen LogP contribution is 2.25. The van der Waals surface area contributed by atoms with Gasteiger partial charge in [0.05, 0.1) is 5.69 Å². The maximum atomic E-state index is 4.53. The van der Waals surface area contributed by atoms with E-state index in [9.17, 15) is 0 Å². The van der Waals surface area contributed by atoms with Crippen molar-refractivity contribution in [2.24, 2.45) is 5.92 Å². The summed E-state index contributed by atoms with van der Waals surface area (Å²) in [5.74, 6) is 0.785. The molecule has 13 heavy (non-hydrogen) atoms. The highest BCUT2D eigenvalue weighted by Gasteiger charge is 2.22. The molecule has 1 aliphatic rings. The fourth-order valence-corrected chi connectivity index (χ4v) is 1.90. The Morgan fingerprint density at radius 3 is 2.92 bits per heavy atom. The number of aromatic nitrogens is 1. The Balaban J connectivity index is 2.16. The average molecular weight is 176 g/mol. The molecular weight excluding hydrogens is 160 g/mol. The van der Waals surface area contributed by atoms with Crippen LogP contribution in [0.5, 0.6) is 0 Å². The number of aryl methyl sites for hydroxylation is 1. The fourth-order valence-electron chi connectivity index (χ4n) is 1.90. The Bertz CT molecular complexity index is 296. The second-order valence-electron chi connectivity index (χ2n) is 4.01. The third kappa shape index (κ3) is 1.89. The van der Waals surface area contributed by atoms with Gasteiger partial charge < -0.3 is 5.32 Å². The molecule has 0 bridgehead atoms. The lowest BCUT2D eigenvalue weighted by molar-refractivity contribution is 0.598. The van der Waals surface area contributed by atoms with Crippen LogP contribution in [0.4, 0.5) is 0 Å². The molecule has 1 aromatic heterocycles. The van der Waals surface area contributed by atoms with E-state index in [1.54, 1.807) is 0 Å². The molecule has 0 spiro atoms. The molecule has 2 heteroatoms. The highest BCUT2D eigenvalue weighted by atomic mass is 15.0. The predicted molar refractivity (Wildman–Crippen MR) is 53.5 cm³/mol. The molecule has 1 fully saturated rings. The molecular formula is C11H16N2. The first kappa shape index (κ1) is 8.70. The molecule has 0 unspecified atom stereocenters. The Morgan fingerprint density at radius 1 is 1.46 bits per heavy atom. The van der Waals surface area contributed by atoms with Crippen LogP contribution in [0.15, 0.2) is 18.2 Å². The van der Waals surface area contributed by atoms with Gasteiger partial charge >= 0.3 is 0 Å². The van der Waals surface area contributed by atoms with E-state index in [1.165, 1.54) is 12.1 Å². The molecule has 2 rings (SSSR count). The average Bonchev–Trinajstić information content (AvgIpc) is 2.52. The van der Waals surface area contributed by atoms with Crippen molar-refractivity contribution in [2.75, 3.05) is 6.54 Å². The molecule has 1 aliphatic heterocycles. The zero-order valence-electron chi connectivity index (χ0n) is 8.25. The molecule has 1 N–H and O–H groups in total. The van der Waals surface area contributed by atoms with Crippen molar-refractivity contribution in [1.82, 2.24) is 10.3 Å². The van der Waals surface area contributed by atoms with E-state index < -0.39 is 0 Å². The van der Waals surface area contributed by atoms with Gasteiger partial charge in [-0.1, -0.05) is 13.0 Å². The summed E-state index contributed by atoms with van der Waals surface area (Å²) in [4.78, 5) is 4.53. The van der Waals surface area contributed by atoms with E-state index in [0.29, 0.717) is 6.04 Å². The SMILES string of the molecule is Cc1cccc([C@@H]2C[C@H](C)CN2)n1. The lowest BCUT2D eigenvalue weighted by atomic mass is 10.1. The van der Waals surface area contributed by atoms with Gasteiger partial charge in [-0.2, -0.15) is 0 Å². The largest absolute Gasteiger partial charge is 0.308 e. The van der Waals surface area contributed by atoms with E-state index >= 15 is 0 Å². The molecule has 70 valence electrons. The molecule has 0 aliphatic carbocycles. The Morgan fingerprint density at radius 2 is 2.31 bits per heavy atom. The monoisotopic (exact) mass is 176 g/mol. The van der Waals surface area contributed by atoms with Gasteiger partial charge in [0.25, 0.3) is 0 Å². The topological polar surface area (TPSA) is 24.9 Å². The lowest BCUT2D eigenvalue weighted by Crippen LogP contribution is -2.14. The van der Waals surface area contributed by atoms with E-state index in [-0.39, 0.29) is 0 Å². The maximum Gasteiger partial charge on any atom is 0.0576 e. The van der Waals surface area contributed by atoms with E-state index in [2.05, 4.69) is 29.4 Å². The Kier molecular flexibility index (Phi) is 2.32. The Labute approximate surface area is 79.4 Å². The molecule has 0 amide bonds. The molecule has 2 atom stereocenters. The summed E-state index contributed by atoms with van der Waals surface area (Å²) in [7, 11) is 0. The van der Waals surface area contributed by atoms with Gasteiger partial charge in [-0.15, -0.1) is 0 Å². The first-order chi connectivity index (χ1) is 6.25. The highest BCUT2D eigenvalue weighted by molar-refractivity contribution is 5.14. The first-order valence-corrected chi connectivity index (χ1v) is 4.92. The van der Waals surface area contributed by atoms with Crippen LogP contribution in [0.2, 0.25) is 0 Å². The van der Waals surface area contributed by atoms with Gasteiger partial charge in [-0.05, 0) is 37.9 Å². The van der Waals surface area contributed by atoms with Crippen molar-refractivity contribution in [2.45, 2.75) is 26.3 Å². The maximum absolute atomic E-state index is 4.53. The summed E-state index contributed by atoms with van der Waals surface area (Å²) in [5, 5.41) is 3.49. The molecule has 0 saturated carbocycles. The van der Waals surface area contributed by atoms with E-state index in [4.69, 9.17) is 0 Å². The van der Waals surface area contributed by atoms with Gasteiger partial charge in [0.1, 0.15) is 0 Å². The minimum atomic E-state index is 0.481. The van der Waals surface area contributed by atoms with Crippen LogP contribution in [-0.4, -0.2) is 11.5 Å². The van der Waals surface area contributed by atoms with Gasteiger partial charge in [-0.25, -0.2) is 0 Å². The van der Waals surface area contributed by atoms with E-state index in [1.807, 2.05) is 13.0 Å². The molecule has 0 radical (unpaired) electrons. The third-order valence-corrected chi connectivity index (χ3v) is 2.62.